The van der Waals surface area contributed by atoms with Crippen molar-refractivity contribution in [3.63, 3.8) is 0 Å². The van der Waals surface area contributed by atoms with Gasteiger partial charge < -0.3 is 28.9 Å². The monoisotopic (exact) mass is 602 g/mol. The van der Waals surface area contributed by atoms with E-state index in [1.807, 2.05) is 44.4 Å². The van der Waals surface area contributed by atoms with Crippen LogP contribution in [0.25, 0.3) is 17.1 Å². The van der Waals surface area contributed by atoms with Crippen LogP contribution in [0.5, 0.6) is 5.88 Å². The molecule has 1 saturated heterocycles. The number of ether oxygens (including phenoxy) is 2. The minimum absolute atomic E-state index is 0.0590. The molecule has 11 heteroatoms. The van der Waals surface area contributed by atoms with Crippen LogP contribution in [-0.4, -0.2) is 68.9 Å². The summed E-state index contributed by atoms with van der Waals surface area (Å²) in [4.78, 5) is 34.8. The highest BCUT2D eigenvalue weighted by Crippen LogP contribution is 2.41. The first-order valence-electron chi connectivity index (χ1n) is 15.7. The van der Waals surface area contributed by atoms with Crippen LogP contribution in [0.15, 0.2) is 36.1 Å². The minimum Gasteiger partial charge on any atom is -0.859 e. The number of aromatic nitrogens is 4. The van der Waals surface area contributed by atoms with E-state index < -0.39 is 5.60 Å². The number of rotatable bonds is 8. The topological polar surface area (TPSA) is 121 Å². The highest BCUT2D eigenvalue weighted by atomic mass is 16.6. The van der Waals surface area contributed by atoms with E-state index in [0.717, 1.165) is 55.3 Å². The van der Waals surface area contributed by atoms with Gasteiger partial charge >= 0.3 is 6.09 Å². The third kappa shape index (κ3) is 6.97. The lowest BCUT2D eigenvalue weighted by Crippen LogP contribution is -2.50. The van der Waals surface area contributed by atoms with E-state index in [1.165, 1.54) is 0 Å². The number of fused-ring (bicyclic) bond motifs is 1. The Morgan fingerprint density at radius 2 is 1.84 bits per heavy atom. The number of anilines is 1. The second kappa shape index (κ2) is 13.2. The van der Waals surface area contributed by atoms with Crippen molar-refractivity contribution in [1.82, 2.24) is 24.4 Å². The third-order valence-corrected chi connectivity index (χ3v) is 8.18. The fourth-order valence-electron chi connectivity index (χ4n) is 5.83. The SMILES string of the molecule is C=C(OCCCC)c1c(C)c2cnc(=Nc3ccc(N4CCN(C(=O)OC(C)(C)C)CC4)cn3)nc-2n(C2CCCC2)c1[O-]. The fourth-order valence-corrected chi connectivity index (χ4v) is 5.83. The zero-order valence-electron chi connectivity index (χ0n) is 26.6. The molecule has 0 unspecified atom stereocenters. The first-order valence-corrected chi connectivity index (χ1v) is 15.7. The van der Waals surface area contributed by atoms with Gasteiger partial charge in [0.05, 0.1) is 18.5 Å². The van der Waals surface area contributed by atoms with Crippen molar-refractivity contribution in [3.05, 3.63) is 47.9 Å². The zero-order chi connectivity index (χ0) is 31.4. The molecule has 11 nitrogen and oxygen atoms in total. The molecular weight excluding hydrogens is 558 g/mol. The lowest BCUT2D eigenvalue weighted by atomic mass is 10.0. The van der Waals surface area contributed by atoms with Crippen LogP contribution in [0, 0.1) is 6.92 Å². The molecule has 0 spiro atoms. The predicted molar refractivity (Wildman–Crippen MR) is 168 cm³/mol. The average molecular weight is 603 g/mol. The number of hydrogen-bond acceptors (Lipinski definition) is 9. The number of pyridine rings is 2. The predicted octanol–water partition coefficient (Wildman–Crippen LogP) is 5.35. The molecule has 0 N–H and O–H groups in total. The van der Waals surface area contributed by atoms with Gasteiger partial charge in [0, 0.05) is 49.5 Å². The van der Waals surface area contributed by atoms with Crippen LogP contribution in [-0.2, 0) is 9.47 Å². The van der Waals surface area contributed by atoms with E-state index in [2.05, 4.69) is 33.4 Å². The maximum atomic E-state index is 13.9. The van der Waals surface area contributed by atoms with Gasteiger partial charge in [-0.15, -0.1) is 0 Å². The molecule has 5 rings (SSSR count). The van der Waals surface area contributed by atoms with Crippen molar-refractivity contribution in [2.75, 3.05) is 37.7 Å². The molecule has 0 aromatic carbocycles. The van der Waals surface area contributed by atoms with E-state index >= 15 is 0 Å². The van der Waals surface area contributed by atoms with Gasteiger partial charge in [-0.05, 0) is 70.5 Å². The van der Waals surface area contributed by atoms with Crippen molar-refractivity contribution >= 4 is 23.4 Å². The van der Waals surface area contributed by atoms with Gasteiger partial charge in [0.1, 0.15) is 17.2 Å². The van der Waals surface area contributed by atoms with Crippen molar-refractivity contribution in [1.29, 1.82) is 0 Å². The Morgan fingerprint density at radius 3 is 2.48 bits per heavy atom. The maximum Gasteiger partial charge on any atom is 0.410 e. The first-order chi connectivity index (χ1) is 21.1. The second-order valence-corrected chi connectivity index (χ2v) is 12.6. The van der Waals surface area contributed by atoms with Crippen molar-refractivity contribution < 1.29 is 19.4 Å². The fraction of sp³-hybridized carbons (Fsp3) is 0.545. The number of piperazine rings is 1. The molecule has 3 aliphatic heterocycles. The summed E-state index contributed by atoms with van der Waals surface area (Å²) in [6.45, 7) is 16.8. The van der Waals surface area contributed by atoms with Crippen LogP contribution in [0.4, 0.5) is 16.3 Å². The Hall–Kier alpha value is -4.15. The molecule has 4 heterocycles. The number of hydrogen-bond donors (Lipinski definition) is 0. The van der Waals surface area contributed by atoms with E-state index in [1.54, 1.807) is 17.3 Å². The van der Waals surface area contributed by atoms with E-state index in [9.17, 15) is 9.90 Å². The largest absolute Gasteiger partial charge is 0.859 e. The number of unbranched alkanes of at least 4 members (excludes halogenated alkanes) is 1. The Kier molecular flexibility index (Phi) is 9.41. The molecule has 1 saturated carbocycles. The Bertz CT molecular complexity index is 1510. The van der Waals surface area contributed by atoms with E-state index in [4.69, 9.17) is 14.5 Å². The summed E-state index contributed by atoms with van der Waals surface area (Å²) in [6, 6.07) is 3.85. The minimum atomic E-state index is -0.514. The summed E-state index contributed by atoms with van der Waals surface area (Å²) in [6.07, 6.45) is 9.13. The number of carbonyl (C=O) groups is 1. The average Bonchev–Trinajstić information content (AvgIpc) is 3.51. The number of nitrogens with zero attached hydrogens (tertiary/aromatic N) is 7. The summed E-state index contributed by atoms with van der Waals surface area (Å²) in [7, 11) is 0. The Morgan fingerprint density at radius 1 is 1.11 bits per heavy atom. The highest BCUT2D eigenvalue weighted by molar-refractivity contribution is 5.75. The smallest absolute Gasteiger partial charge is 0.410 e. The van der Waals surface area contributed by atoms with Gasteiger partial charge in [-0.2, -0.15) is 9.98 Å². The first kappa shape index (κ1) is 31.3. The molecule has 0 atom stereocenters. The molecule has 0 bridgehead atoms. The summed E-state index contributed by atoms with van der Waals surface area (Å²) >= 11 is 0. The molecule has 1 aromatic heterocycles. The highest BCUT2D eigenvalue weighted by Gasteiger charge is 2.27. The quantitative estimate of drug-likeness (QED) is 0.250. The van der Waals surface area contributed by atoms with E-state index in [-0.39, 0.29) is 23.6 Å². The standard InChI is InChI=1S/C33H45N7O4/c1-7-8-19-43-23(3)28-22(2)26-21-35-31(37-29(26)40(30(28)41)24-11-9-10-12-24)36-27-14-13-25(20-34-27)38-15-17-39(18-16-38)32(42)44-33(4,5)6/h13-14,20-21,24,41H,3,7-12,15-19H2,1-2,4-6H3/p-1. The summed E-state index contributed by atoms with van der Waals surface area (Å²) in [5.74, 6) is 1.33. The molecule has 236 valence electrons. The van der Waals surface area contributed by atoms with Crippen LogP contribution in [0.3, 0.4) is 0 Å². The van der Waals surface area contributed by atoms with Crippen LogP contribution < -0.4 is 15.6 Å². The summed E-state index contributed by atoms with van der Waals surface area (Å²) in [5.41, 5.74) is 2.74. The second-order valence-electron chi connectivity index (χ2n) is 12.6. The van der Waals surface area contributed by atoms with Gasteiger partial charge in [0.15, 0.2) is 5.82 Å². The van der Waals surface area contributed by atoms with E-state index in [0.29, 0.717) is 55.8 Å². The van der Waals surface area contributed by atoms with Crippen LogP contribution >= 0.6 is 0 Å². The maximum absolute atomic E-state index is 13.9. The molecule has 1 aliphatic carbocycles. The number of carbonyl (C=O) groups excluding carboxylic acids is 1. The molecule has 1 aromatic rings. The van der Waals surface area contributed by atoms with Gasteiger partial charge in [-0.25, -0.2) is 14.8 Å². The van der Waals surface area contributed by atoms with Crippen molar-refractivity contribution in [2.45, 2.75) is 84.8 Å². The Labute approximate surface area is 259 Å². The summed E-state index contributed by atoms with van der Waals surface area (Å²) in [5, 5.41) is 13.9. The Balaban J connectivity index is 1.39. The normalized spacial score (nSPS) is 16.5. The van der Waals surface area contributed by atoms with Crippen molar-refractivity contribution in [3.8, 4) is 17.3 Å². The van der Waals surface area contributed by atoms with Gasteiger partial charge in [0.2, 0.25) is 0 Å². The van der Waals surface area contributed by atoms with Crippen LogP contribution in [0.2, 0.25) is 0 Å². The van der Waals surface area contributed by atoms with Gasteiger partial charge in [-0.1, -0.05) is 32.8 Å². The summed E-state index contributed by atoms with van der Waals surface area (Å²) < 4.78 is 13.2. The molecule has 4 aliphatic rings. The van der Waals surface area contributed by atoms with Gasteiger partial charge in [-0.3, -0.25) is 0 Å². The molecular formula is C33H44N7O4-. The zero-order valence-corrected chi connectivity index (χ0v) is 26.6. The lowest BCUT2D eigenvalue weighted by Gasteiger charge is -2.36. The molecule has 44 heavy (non-hydrogen) atoms. The van der Waals surface area contributed by atoms with Gasteiger partial charge in [0.25, 0.3) is 5.62 Å². The lowest BCUT2D eigenvalue weighted by molar-refractivity contribution is -0.280. The molecule has 1 amide bonds. The van der Waals surface area contributed by atoms with Crippen LogP contribution in [0.1, 0.15) is 83.4 Å². The molecule has 0 radical (unpaired) electrons. The molecule has 2 fully saturated rings. The number of amides is 1. The van der Waals surface area contributed by atoms with Crippen molar-refractivity contribution in [2.24, 2.45) is 4.99 Å². The third-order valence-electron chi connectivity index (χ3n) is 8.18.